The Balaban J connectivity index is 2.85. The van der Waals surface area contributed by atoms with Crippen LogP contribution < -0.4 is 0 Å². The van der Waals surface area contributed by atoms with E-state index in [0.29, 0.717) is 12.3 Å². The van der Waals surface area contributed by atoms with Gasteiger partial charge in [0.05, 0.1) is 16.2 Å². The second-order valence-electron chi connectivity index (χ2n) is 4.69. The molecule has 0 bridgehead atoms. The Morgan fingerprint density at radius 2 is 2.00 bits per heavy atom. The average Bonchev–Trinajstić information content (AvgIpc) is 2.28. The fourth-order valence-corrected chi connectivity index (χ4v) is 3.00. The topological polar surface area (TPSA) is 71.4 Å². The van der Waals surface area contributed by atoms with Crippen LogP contribution in [0.25, 0.3) is 0 Å². The van der Waals surface area contributed by atoms with Crippen molar-refractivity contribution in [3.63, 3.8) is 0 Å². The molecule has 0 saturated carbocycles. The Morgan fingerprint density at radius 3 is 2.56 bits per heavy atom. The van der Waals surface area contributed by atoms with E-state index in [-0.39, 0.29) is 16.2 Å². The number of carboxylic acid groups (broad SMARTS) is 1. The van der Waals surface area contributed by atoms with E-state index in [4.69, 9.17) is 5.11 Å². The lowest BCUT2D eigenvalue weighted by molar-refractivity contribution is 0.0696. The van der Waals surface area contributed by atoms with Crippen LogP contribution in [0.2, 0.25) is 0 Å². The zero-order valence-electron chi connectivity index (χ0n) is 10.6. The van der Waals surface area contributed by atoms with Gasteiger partial charge < -0.3 is 5.11 Å². The molecule has 1 N–H and O–H groups in total. The predicted molar refractivity (Wildman–Crippen MR) is 69.5 cm³/mol. The highest BCUT2D eigenvalue weighted by molar-refractivity contribution is 7.91. The summed E-state index contributed by atoms with van der Waals surface area (Å²) in [5.74, 6) is -0.589. The minimum Gasteiger partial charge on any atom is -0.478 e. The summed E-state index contributed by atoms with van der Waals surface area (Å²) in [5.41, 5.74) is -0.0000606. The van der Waals surface area contributed by atoms with E-state index in [1.807, 2.05) is 13.8 Å². The number of aromatic carboxylic acids is 1. The largest absolute Gasteiger partial charge is 0.478 e. The number of carboxylic acids is 1. The number of hydrogen-bond acceptors (Lipinski definition) is 3. The highest BCUT2D eigenvalue weighted by Crippen LogP contribution is 2.16. The summed E-state index contributed by atoms with van der Waals surface area (Å²) in [5, 5.41) is 8.83. The molecule has 0 unspecified atom stereocenters. The lowest BCUT2D eigenvalue weighted by atomic mass is 10.1. The Morgan fingerprint density at radius 1 is 1.33 bits per heavy atom. The Bertz CT molecular complexity index is 518. The second kappa shape index (κ2) is 6.00. The van der Waals surface area contributed by atoms with E-state index in [1.165, 1.54) is 24.3 Å². The Hall–Kier alpha value is -1.36. The van der Waals surface area contributed by atoms with Crippen LogP contribution in [0.1, 0.15) is 37.0 Å². The molecule has 0 aromatic heterocycles. The van der Waals surface area contributed by atoms with Crippen LogP contribution in [0.4, 0.5) is 0 Å². The number of sulfone groups is 1. The number of hydrogen-bond donors (Lipinski definition) is 1. The zero-order chi connectivity index (χ0) is 13.8. The Kier molecular flexibility index (Phi) is 4.90. The van der Waals surface area contributed by atoms with E-state index >= 15 is 0 Å². The van der Waals surface area contributed by atoms with Crippen molar-refractivity contribution in [2.75, 3.05) is 5.75 Å². The van der Waals surface area contributed by atoms with Gasteiger partial charge in [-0.25, -0.2) is 13.2 Å². The van der Waals surface area contributed by atoms with E-state index < -0.39 is 15.8 Å². The van der Waals surface area contributed by atoms with Gasteiger partial charge in [0, 0.05) is 0 Å². The highest BCUT2D eigenvalue weighted by atomic mass is 32.2. The SMILES string of the molecule is CC(C)CCCS(=O)(=O)c1cccc(C(=O)O)c1. The molecular weight excluding hydrogens is 252 g/mol. The van der Waals surface area contributed by atoms with Gasteiger partial charge in [-0.15, -0.1) is 0 Å². The van der Waals surface area contributed by atoms with Gasteiger partial charge in [-0.2, -0.15) is 0 Å². The summed E-state index contributed by atoms with van der Waals surface area (Å²) in [4.78, 5) is 10.9. The lowest BCUT2D eigenvalue weighted by Gasteiger charge is -2.07. The first kappa shape index (κ1) is 14.7. The van der Waals surface area contributed by atoms with Crippen LogP contribution in [0.15, 0.2) is 29.2 Å². The van der Waals surface area contributed by atoms with E-state index in [0.717, 1.165) is 6.42 Å². The predicted octanol–water partition coefficient (Wildman–Crippen LogP) is 2.59. The van der Waals surface area contributed by atoms with Gasteiger partial charge in [0.1, 0.15) is 0 Å². The normalized spacial score (nSPS) is 11.7. The minimum atomic E-state index is -3.38. The molecule has 0 aliphatic heterocycles. The Labute approximate surface area is 108 Å². The standard InChI is InChI=1S/C13H18O4S/c1-10(2)5-4-8-18(16,17)12-7-3-6-11(9-12)13(14)15/h3,6-7,9-10H,4-5,8H2,1-2H3,(H,14,15). The molecule has 1 aromatic carbocycles. The first-order valence-electron chi connectivity index (χ1n) is 5.89. The van der Waals surface area contributed by atoms with Crippen molar-refractivity contribution in [1.82, 2.24) is 0 Å². The van der Waals surface area contributed by atoms with Gasteiger partial charge >= 0.3 is 5.97 Å². The number of benzene rings is 1. The molecule has 0 atom stereocenters. The van der Waals surface area contributed by atoms with Crippen molar-refractivity contribution in [1.29, 1.82) is 0 Å². The summed E-state index contributed by atoms with van der Waals surface area (Å²) in [7, 11) is -3.38. The van der Waals surface area contributed by atoms with Crippen LogP contribution in [-0.4, -0.2) is 25.2 Å². The maximum atomic E-state index is 12.0. The third-order valence-corrected chi connectivity index (χ3v) is 4.43. The van der Waals surface area contributed by atoms with Gasteiger partial charge in [0.15, 0.2) is 9.84 Å². The van der Waals surface area contributed by atoms with Crippen LogP contribution >= 0.6 is 0 Å². The van der Waals surface area contributed by atoms with Gasteiger partial charge in [0.2, 0.25) is 0 Å². The van der Waals surface area contributed by atoms with Gasteiger partial charge in [0.25, 0.3) is 0 Å². The van der Waals surface area contributed by atoms with Crippen LogP contribution in [0, 0.1) is 5.92 Å². The van der Waals surface area contributed by atoms with Crippen molar-refractivity contribution < 1.29 is 18.3 Å². The molecule has 18 heavy (non-hydrogen) atoms. The molecule has 5 heteroatoms. The van der Waals surface area contributed by atoms with Crippen LogP contribution in [0.5, 0.6) is 0 Å². The molecule has 0 radical (unpaired) electrons. The van der Waals surface area contributed by atoms with E-state index in [2.05, 4.69) is 0 Å². The minimum absolute atomic E-state index is 0.0000606. The third-order valence-electron chi connectivity index (χ3n) is 2.63. The average molecular weight is 270 g/mol. The number of carbonyl (C=O) groups is 1. The van der Waals surface area contributed by atoms with Crippen molar-refractivity contribution in [2.45, 2.75) is 31.6 Å². The summed E-state index contributed by atoms with van der Waals surface area (Å²) in [6.07, 6.45) is 1.44. The molecule has 1 rings (SSSR count). The third kappa shape index (κ3) is 4.14. The molecular formula is C13H18O4S. The summed E-state index contributed by atoms with van der Waals surface area (Å²) < 4.78 is 24.0. The fourth-order valence-electron chi connectivity index (χ4n) is 1.62. The molecule has 0 saturated heterocycles. The molecule has 0 aliphatic rings. The molecule has 0 heterocycles. The van der Waals surface area contributed by atoms with Crippen molar-refractivity contribution in [2.24, 2.45) is 5.92 Å². The fraction of sp³-hybridized carbons (Fsp3) is 0.462. The zero-order valence-corrected chi connectivity index (χ0v) is 11.4. The summed E-state index contributed by atoms with van der Waals surface area (Å²) in [6.45, 7) is 4.08. The first-order chi connectivity index (χ1) is 8.33. The quantitative estimate of drug-likeness (QED) is 0.862. The molecule has 0 amide bonds. The maximum absolute atomic E-state index is 12.0. The second-order valence-corrected chi connectivity index (χ2v) is 6.80. The molecule has 0 spiro atoms. The maximum Gasteiger partial charge on any atom is 0.335 e. The molecule has 0 fully saturated rings. The van der Waals surface area contributed by atoms with Crippen molar-refractivity contribution in [3.8, 4) is 0 Å². The molecule has 0 aliphatic carbocycles. The van der Waals surface area contributed by atoms with Gasteiger partial charge in [-0.1, -0.05) is 19.9 Å². The first-order valence-corrected chi connectivity index (χ1v) is 7.54. The van der Waals surface area contributed by atoms with Crippen LogP contribution in [0.3, 0.4) is 0 Å². The van der Waals surface area contributed by atoms with Crippen molar-refractivity contribution >= 4 is 15.8 Å². The van der Waals surface area contributed by atoms with Gasteiger partial charge in [-0.05, 0) is 37.0 Å². The monoisotopic (exact) mass is 270 g/mol. The van der Waals surface area contributed by atoms with Gasteiger partial charge in [-0.3, -0.25) is 0 Å². The summed E-state index contributed by atoms with van der Waals surface area (Å²) >= 11 is 0. The van der Waals surface area contributed by atoms with Crippen LogP contribution in [-0.2, 0) is 9.84 Å². The van der Waals surface area contributed by atoms with E-state index in [9.17, 15) is 13.2 Å². The number of rotatable bonds is 6. The van der Waals surface area contributed by atoms with E-state index in [1.54, 1.807) is 0 Å². The smallest absolute Gasteiger partial charge is 0.335 e. The summed E-state index contributed by atoms with van der Waals surface area (Å²) in [6, 6.07) is 5.50. The highest BCUT2D eigenvalue weighted by Gasteiger charge is 2.16. The molecule has 1 aromatic rings. The lowest BCUT2D eigenvalue weighted by Crippen LogP contribution is -2.09. The van der Waals surface area contributed by atoms with Crippen molar-refractivity contribution in [3.05, 3.63) is 29.8 Å². The molecule has 4 nitrogen and oxygen atoms in total. The molecule has 100 valence electrons.